The van der Waals surface area contributed by atoms with Gasteiger partial charge in [-0.05, 0) is 54.1 Å². The molecule has 0 atom stereocenters. The lowest BCUT2D eigenvalue weighted by Crippen LogP contribution is -2.09. The molecular formula is C10H8F3IO. The summed E-state index contributed by atoms with van der Waals surface area (Å²) < 4.78 is 37.5. The van der Waals surface area contributed by atoms with Crippen LogP contribution in [0, 0.1) is 10.5 Å². The molecule has 0 aliphatic heterocycles. The Morgan fingerprint density at radius 3 is 2.20 bits per heavy atom. The number of carbonyl (C=O) groups excluding carboxylic acids is 1. The van der Waals surface area contributed by atoms with Crippen molar-refractivity contribution in [1.29, 1.82) is 0 Å². The van der Waals surface area contributed by atoms with Crippen LogP contribution in [0.1, 0.15) is 28.4 Å². The van der Waals surface area contributed by atoms with Gasteiger partial charge in [-0.2, -0.15) is 13.2 Å². The summed E-state index contributed by atoms with van der Waals surface area (Å²) in [6, 6.07) is 1.99. The first-order chi connectivity index (χ1) is 6.73. The lowest BCUT2D eigenvalue weighted by molar-refractivity contribution is -0.137. The van der Waals surface area contributed by atoms with Crippen LogP contribution in [0.3, 0.4) is 0 Å². The van der Waals surface area contributed by atoms with Gasteiger partial charge in [-0.15, -0.1) is 0 Å². The number of hydrogen-bond donors (Lipinski definition) is 0. The Morgan fingerprint density at radius 1 is 1.33 bits per heavy atom. The second-order valence-corrected chi connectivity index (χ2v) is 4.37. The third-order valence-electron chi connectivity index (χ3n) is 1.97. The van der Waals surface area contributed by atoms with Gasteiger partial charge in [0.05, 0.1) is 5.56 Å². The average molecular weight is 328 g/mol. The van der Waals surface area contributed by atoms with E-state index in [2.05, 4.69) is 0 Å². The topological polar surface area (TPSA) is 17.1 Å². The molecular weight excluding hydrogens is 320 g/mol. The summed E-state index contributed by atoms with van der Waals surface area (Å²) in [7, 11) is 0. The van der Waals surface area contributed by atoms with E-state index in [-0.39, 0.29) is 5.78 Å². The van der Waals surface area contributed by atoms with Gasteiger partial charge < -0.3 is 0 Å². The monoisotopic (exact) mass is 328 g/mol. The zero-order chi connectivity index (χ0) is 11.8. The van der Waals surface area contributed by atoms with E-state index in [1.54, 1.807) is 22.6 Å². The van der Waals surface area contributed by atoms with Crippen LogP contribution in [0.5, 0.6) is 0 Å². The lowest BCUT2D eigenvalue weighted by atomic mass is 10.0. The van der Waals surface area contributed by atoms with Crippen molar-refractivity contribution in [3.8, 4) is 0 Å². The minimum absolute atomic E-state index is 0.217. The summed E-state index contributed by atoms with van der Waals surface area (Å²) >= 11 is 1.75. The molecule has 0 aliphatic carbocycles. The van der Waals surface area contributed by atoms with Gasteiger partial charge in [0, 0.05) is 9.13 Å². The molecule has 0 fully saturated rings. The van der Waals surface area contributed by atoms with Gasteiger partial charge in [0.1, 0.15) is 0 Å². The van der Waals surface area contributed by atoms with Crippen molar-refractivity contribution in [2.24, 2.45) is 0 Å². The number of benzene rings is 1. The van der Waals surface area contributed by atoms with Crippen molar-refractivity contribution < 1.29 is 18.0 Å². The molecule has 0 aliphatic rings. The fraction of sp³-hybridized carbons (Fsp3) is 0.300. The smallest absolute Gasteiger partial charge is 0.294 e. The Balaban J connectivity index is 3.39. The maximum absolute atomic E-state index is 12.4. The molecule has 1 nitrogen and oxygen atoms in total. The second-order valence-electron chi connectivity index (χ2n) is 3.20. The first-order valence-corrected chi connectivity index (χ1v) is 5.19. The highest BCUT2D eigenvalue weighted by Gasteiger charge is 2.31. The van der Waals surface area contributed by atoms with Crippen LogP contribution in [0.4, 0.5) is 13.2 Å². The summed E-state index contributed by atoms with van der Waals surface area (Å²) in [6.07, 6.45) is -4.36. The maximum atomic E-state index is 12.4. The molecule has 0 amide bonds. The molecule has 0 bridgehead atoms. The molecule has 5 heteroatoms. The fourth-order valence-corrected chi connectivity index (χ4v) is 2.49. The average Bonchev–Trinajstić information content (AvgIpc) is 1.99. The van der Waals surface area contributed by atoms with E-state index in [0.717, 1.165) is 12.1 Å². The molecule has 0 saturated carbocycles. The van der Waals surface area contributed by atoms with E-state index >= 15 is 0 Å². The van der Waals surface area contributed by atoms with E-state index in [1.165, 1.54) is 13.8 Å². The van der Waals surface area contributed by atoms with Crippen LogP contribution < -0.4 is 0 Å². The van der Waals surface area contributed by atoms with E-state index in [4.69, 9.17) is 0 Å². The Kier molecular flexibility index (Phi) is 3.42. The van der Waals surface area contributed by atoms with Gasteiger partial charge in [-0.1, -0.05) is 0 Å². The number of Topliss-reactive ketones (excluding diaryl/α,β-unsaturated/α-hetero) is 1. The number of rotatable bonds is 1. The molecule has 0 spiro atoms. The molecule has 0 aromatic heterocycles. The number of ketones is 1. The predicted molar refractivity (Wildman–Crippen MR) is 58.9 cm³/mol. The lowest BCUT2D eigenvalue weighted by Gasteiger charge is -2.11. The largest absolute Gasteiger partial charge is 0.416 e. The Labute approximate surface area is 98.8 Å². The molecule has 15 heavy (non-hydrogen) atoms. The Morgan fingerprint density at radius 2 is 1.87 bits per heavy atom. The van der Waals surface area contributed by atoms with Crippen LogP contribution in [0.2, 0.25) is 0 Å². The number of hydrogen-bond acceptors (Lipinski definition) is 1. The molecule has 0 heterocycles. The fourth-order valence-electron chi connectivity index (χ4n) is 1.35. The second kappa shape index (κ2) is 4.11. The first-order valence-electron chi connectivity index (χ1n) is 4.11. The Bertz CT molecular complexity index is 387. The summed E-state index contributed by atoms with van der Waals surface area (Å²) in [5, 5.41) is 0. The normalized spacial score (nSPS) is 11.6. The molecule has 0 unspecified atom stereocenters. The van der Waals surface area contributed by atoms with Crippen molar-refractivity contribution in [3.63, 3.8) is 0 Å². The minimum Gasteiger partial charge on any atom is -0.294 e. The highest BCUT2D eigenvalue weighted by molar-refractivity contribution is 14.1. The van der Waals surface area contributed by atoms with Crippen LogP contribution in [-0.4, -0.2) is 5.78 Å². The summed E-state index contributed by atoms with van der Waals surface area (Å²) in [4.78, 5) is 11.2. The van der Waals surface area contributed by atoms with E-state index in [1.807, 2.05) is 0 Å². The van der Waals surface area contributed by atoms with Gasteiger partial charge in [0.15, 0.2) is 5.78 Å². The predicted octanol–water partition coefficient (Wildman–Crippen LogP) is 3.82. The third-order valence-corrected chi connectivity index (χ3v) is 2.82. The van der Waals surface area contributed by atoms with Crippen molar-refractivity contribution in [2.45, 2.75) is 20.0 Å². The molecule has 0 radical (unpaired) electrons. The van der Waals surface area contributed by atoms with Crippen molar-refractivity contribution in [2.75, 3.05) is 0 Å². The molecule has 1 aromatic carbocycles. The third kappa shape index (κ3) is 2.70. The zero-order valence-corrected chi connectivity index (χ0v) is 10.2. The van der Waals surface area contributed by atoms with Gasteiger partial charge in [-0.25, -0.2) is 0 Å². The van der Waals surface area contributed by atoms with Gasteiger partial charge in [0.2, 0.25) is 0 Å². The molecule has 0 saturated heterocycles. The number of alkyl halides is 3. The van der Waals surface area contributed by atoms with Crippen molar-refractivity contribution >= 4 is 28.4 Å². The summed E-state index contributed by atoms with van der Waals surface area (Å²) in [5.74, 6) is -0.217. The number of aryl methyl sites for hydroxylation is 1. The zero-order valence-electron chi connectivity index (χ0n) is 8.07. The van der Waals surface area contributed by atoms with Gasteiger partial charge in [-0.3, -0.25) is 4.79 Å². The standard InChI is InChI=1S/C10H8F3IO/c1-5-3-7(10(11,12)13)4-8(14)9(5)6(2)15/h3-4H,1-2H3. The minimum atomic E-state index is -4.36. The van der Waals surface area contributed by atoms with Crippen LogP contribution in [0.25, 0.3) is 0 Å². The molecule has 82 valence electrons. The van der Waals surface area contributed by atoms with E-state index < -0.39 is 11.7 Å². The highest BCUT2D eigenvalue weighted by Crippen LogP contribution is 2.32. The van der Waals surface area contributed by atoms with Crippen LogP contribution >= 0.6 is 22.6 Å². The van der Waals surface area contributed by atoms with Crippen molar-refractivity contribution in [1.82, 2.24) is 0 Å². The highest BCUT2D eigenvalue weighted by atomic mass is 127. The molecule has 0 N–H and O–H groups in total. The SMILES string of the molecule is CC(=O)c1c(C)cc(C(F)(F)F)cc1I. The number of halogens is 4. The molecule has 1 aromatic rings. The van der Waals surface area contributed by atoms with E-state index in [9.17, 15) is 18.0 Å². The molecule has 1 rings (SSSR count). The van der Waals surface area contributed by atoms with E-state index in [0.29, 0.717) is 14.7 Å². The van der Waals surface area contributed by atoms with Crippen molar-refractivity contribution in [3.05, 3.63) is 32.4 Å². The van der Waals surface area contributed by atoms with Gasteiger partial charge in [0.25, 0.3) is 0 Å². The quantitative estimate of drug-likeness (QED) is 0.566. The maximum Gasteiger partial charge on any atom is 0.416 e. The summed E-state index contributed by atoms with van der Waals surface area (Å²) in [5.41, 5.74) is 0.0136. The van der Waals surface area contributed by atoms with Crippen LogP contribution in [-0.2, 0) is 6.18 Å². The van der Waals surface area contributed by atoms with Gasteiger partial charge >= 0.3 is 6.18 Å². The first kappa shape index (κ1) is 12.5. The summed E-state index contributed by atoms with van der Waals surface area (Å²) in [6.45, 7) is 2.85. The number of carbonyl (C=O) groups is 1. The van der Waals surface area contributed by atoms with Crippen LogP contribution in [0.15, 0.2) is 12.1 Å². The Hall–Kier alpha value is -0.590.